The molecule has 1 unspecified atom stereocenters. The highest BCUT2D eigenvalue weighted by Crippen LogP contribution is 2.26. The van der Waals surface area contributed by atoms with Crippen LogP contribution in [-0.4, -0.2) is 26.9 Å². The van der Waals surface area contributed by atoms with Gasteiger partial charge in [0.25, 0.3) is 0 Å². The Morgan fingerprint density at radius 1 is 1.37 bits per heavy atom. The molecule has 0 aliphatic rings. The molecule has 108 valence electrons. The fourth-order valence-corrected chi connectivity index (χ4v) is 2.07. The Balaban J connectivity index is 2.45. The predicted molar refractivity (Wildman–Crippen MR) is 82.7 cm³/mol. The highest BCUT2D eigenvalue weighted by molar-refractivity contribution is 9.10. The Morgan fingerprint density at radius 3 is 2.79 bits per heavy atom. The van der Waals surface area contributed by atoms with Gasteiger partial charge in [0.15, 0.2) is 0 Å². The lowest BCUT2D eigenvalue weighted by Crippen LogP contribution is -2.18. The van der Waals surface area contributed by atoms with Gasteiger partial charge in [-0.3, -0.25) is 0 Å². The van der Waals surface area contributed by atoms with Gasteiger partial charge in [-0.2, -0.15) is 0 Å². The fourth-order valence-electron chi connectivity index (χ4n) is 1.53. The monoisotopic (exact) mass is 329 g/mol. The highest BCUT2D eigenvalue weighted by Gasteiger charge is 2.05. The van der Waals surface area contributed by atoms with E-state index in [1.54, 1.807) is 7.11 Å². The zero-order chi connectivity index (χ0) is 14.1. The molecular formula is C15H24BrNO2. The Hall–Kier alpha value is -0.580. The summed E-state index contributed by atoms with van der Waals surface area (Å²) in [6, 6.07) is 6.22. The van der Waals surface area contributed by atoms with E-state index < -0.39 is 0 Å². The molecule has 4 heteroatoms. The van der Waals surface area contributed by atoms with Crippen molar-refractivity contribution in [2.75, 3.05) is 26.9 Å². The van der Waals surface area contributed by atoms with Gasteiger partial charge in [-0.05, 0) is 39.5 Å². The molecule has 1 N–H and O–H groups in total. The number of hydrogen-bond donors (Lipinski definition) is 1. The van der Waals surface area contributed by atoms with Crippen molar-refractivity contribution in [2.45, 2.75) is 26.8 Å². The van der Waals surface area contributed by atoms with E-state index >= 15 is 0 Å². The van der Waals surface area contributed by atoms with Gasteiger partial charge in [0.1, 0.15) is 5.75 Å². The maximum atomic E-state index is 5.80. The van der Waals surface area contributed by atoms with Crippen LogP contribution >= 0.6 is 15.9 Å². The van der Waals surface area contributed by atoms with Gasteiger partial charge in [-0.15, -0.1) is 0 Å². The van der Waals surface area contributed by atoms with Crippen molar-refractivity contribution in [2.24, 2.45) is 5.92 Å². The van der Waals surface area contributed by atoms with E-state index in [1.807, 2.05) is 6.07 Å². The van der Waals surface area contributed by atoms with Crippen LogP contribution in [0, 0.1) is 5.92 Å². The first kappa shape index (κ1) is 16.5. The van der Waals surface area contributed by atoms with Crippen molar-refractivity contribution < 1.29 is 9.47 Å². The van der Waals surface area contributed by atoms with Crippen LogP contribution in [0.3, 0.4) is 0 Å². The number of methoxy groups -OCH3 is 1. The fraction of sp³-hybridized carbons (Fsp3) is 0.600. The Kier molecular flexibility index (Phi) is 8.10. The van der Waals surface area contributed by atoms with Crippen molar-refractivity contribution in [3.63, 3.8) is 0 Å². The quantitative estimate of drug-likeness (QED) is 0.702. The van der Waals surface area contributed by atoms with Crippen LogP contribution in [0.25, 0.3) is 0 Å². The van der Waals surface area contributed by atoms with Crippen molar-refractivity contribution >= 4 is 15.9 Å². The number of nitrogens with one attached hydrogen (secondary N) is 1. The summed E-state index contributed by atoms with van der Waals surface area (Å²) in [5, 5.41) is 3.32. The minimum absolute atomic E-state index is 0.585. The second kappa shape index (κ2) is 9.34. The Morgan fingerprint density at radius 2 is 2.16 bits per heavy atom. The molecule has 1 aromatic rings. The molecule has 0 aliphatic heterocycles. The maximum Gasteiger partial charge on any atom is 0.133 e. The molecule has 0 aromatic heterocycles. The zero-order valence-corrected chi connectivity index (χ0v) is 13.6. The second-order valence-corrected chi connectivity index (χ2v) is 5.61. The SMILES string of the molecule is CCC(C)COc1ccc(CNCCOC)cc1Br. The van der Waals surface area contributed by atoms with Gasteiger partial charge in [0.05, 0.1) is 17.7 Å². The normalized spacial score (nSPS) is 12.4. The van der Waals surface area contributed by atoms with Crippen LogP contribution in [0.4, 0.5) is 0 Å². The van der Waals surface area contributed by atoms with E-state index in [0.717, 1.165) is 42.9 Å². The number of halogens is 1. The van der Waals surface area contributed by atoms with Gasteiger partial charge < -0.3 is 14.8 Å². The molecule has 0 amide bonds. The zero-order valence-electron chi connectivity index (χ0n) is 12.0. The molecule has 1 rings (SSSR count). The molecule has 19 heavy (non-hydrogen) atoms. The molecule has 0 saturated carbocycles. The first-order chi connectivity index (χ1) is 9.17. The van der Waals surface area contributed by atoms with E-state index in [0.29, 0.717) is 5.92 Å². The topological polar surface area (TPSA) is 30.5 Å². The summed E-state index contributed by atoms with van der Waals surface area (Å²) < 4.78 is 11.8. The van der Waals surface area contributed by atoms with Crippen molar-refractivity contribution in [1.29, 1.82) is 0 Å². The van der Waals surface area contributed by atoms with Gasteiger partial charge in [0, 0.05) is 20.2 Å². The second-order valence-electron chi connectivity index (χ2n) is 4.76. The predicted octanol–water partition coefficient (Wildman–Crippen LogP) is 3.61. The largest absolute Gasteiger partial charge is 0.492 e. The molecule has 0 aliphatic carbocycles. The standard InChI is InChI=1S/C15H24BrNO2/c1-4-12(2)11-19-15-6-5-13(9-14(15)16)10-17-7-8-18-3/h5-6,9,12,17H,4,7-8,10-11H2,1-3H3. The van der Waals surface area contributed by atoms with E-state index in [4.69, 9.17) is 9.47 Å². The van der Waals surface area contributed by atoms with Crippen LogP contribution in [0.5, 0.6) is 5.75 Å². The molecule has 0 spiro atoms. The van der Waals surface area contributed by atoms with Crippen LogP contribution in [-0.2, 0) is 11.3 Å². The maximum absolute atomic E-state index is 5.80. The third-order valence-corrected chi connectivity index (χ3v) is 3.65. The highest BCUT2D eigenvalue weighted by atomic mass is 79.9. The molecule has 1 aromatic carbocycles. The smallest absolute Gasteiger partial charge is 0.133 e. The van der Waals surface area contributed by atoms with Gasteiger partial charge in [-0.1, -0.05) is 26.3 Å². The average molecular weight is 330 g/mol. The van der Waals surface area contributed by atoms with E-state index in [1.165, 1.54) is 5.56 Å². The number of hydrogen-bond acceptors (Lipinski definition) is 3. The Bertz CT molecular complexity index is 371. The van der Waals surface area contributed by atoms with Crippen molar-refractivity contribution in [3.05, 3.63) is 28.2 Å². The summed E-state index contributed by atoms with van der Waals surface area (Å²) in [7, 11) is 1.71. The molecule has 0 heterocycles. The summed E-state index contributed by atoms with van der Waals surface area (Å²) >= 11 is 3.56. The number of benzene rings is 1. The molecule has 0 bridgehead atoms. The lowest BCUT2D eigenvalue weighted by Gasteiger charge is -2.13. The average Bonchev–Trinajstić information content (AvgIpc) is 2.42. The molecule has 0 saturated heterocycles. The lowest BCUT2D eigenvalue weighted by molar-refractivity contribution is 0.199. The summed E-state index contributed by atoms with van der Waals surface area (Å²) in [6.45, 7) is 7.58. The minimum atomic E-state index is 0.585. The summed E-state index contributed by atoms with van der Waals surface area (Å²) in [4.78, 5) is 0. The van der Waals surface area contributed by atoms with Crippen LogP contribution in [0.15, 0.2) is 22.7 Å². The van der Waals surface area contributed by atoms with Gasteiger partial charge >= 0.3 is 0 Å². The van der Waals surface area contributed by atoms with Gasteiger partial charge in [0.2, 0.25) is 0 Å². The van der Waals surface area contributed by atoms with Crippen LogP contribution in [0.2, 0.25) is 0 Å². The first-order valence-corrected chi connectivity index (χ1v) is 7.57. The molecule has 1 atom stereocenters. The van der Waals surface area contributed by atoms with Crippen molar-refractivity contribution in [1.82, 2.24) is 5.32 Å². The summed E-state index contributed by atoms with van der Waals surface area (Å²) in [6.07, 6.45) is 1.14. The van der Waals surface area contributed by atoms with E-state index in [9.17, 15) is 0 Å². The molecular weight excluding hydrogens is 306 g/mol. The molecule has 3 nitrogen and oxygen atoms in total. The van der Waals surface area contributed by atoms with E-state index in [2.05, 4.69) is 47.2 Å². The third-order valence-electron chi connectivity index (χ3n) is 3.03. The third kappa shape index (κ3) is 6.41. The molecule has 0 radical (unpaired) electrons. The molecule has 0 fully saturated rings. The minimum Gasteiger partial charge on any atom is -0.492 e. The van der Waals surface area contributed by atoms with Crippen LogP contribution < -0.4 is 10.1 Å². The first-order valence-electron chi connectivity index (χ1n) is 6.78. The van der Waals surface area contributed by atoms with Crippen LogP contribution in [0.1, 0.15) is 25.8 Å². The lowest BCUT2D eigenvalue weighted by atomic mass is 10.1. The van der Waals surface area contributed by atoms with E-state index in [-0.39, 0.29) is 0 Å². The number of ether oxygens (including phenoxy) is 2. The van der Waals surface area contributed by atoms with Gasteiger partial charge in [-0.25, -0.2) is 0 Å². The summed E-state index contributed by atoms with van der Waals surface area (Å²) in [5.74, 6) is 1.50. The number of rotatable bonds is 9. The Labute approximate surface area is 124 Å². The van der Waals surface area contributed by atoms with Crippen molar-refractivity contribution in [3.8, 4) is 5.75 Å². The summed E-state index contributed by atoms with van der Waals surface area (Å²) in [5.41, 5.74) is 1.24.